The number of aromatic nitrogens is 1. The van der Waals surface area contributed by atoms with Crippen molar-refractivity contribution in [3.8, 4) is 0 Å². The number of carbonyl (C=O) groups excluding carboxylic acids is 3. The molecule has 1 aliphatic heterocycles. The molecule has 3 amide bonds. The molecule has 7 heteroatoms. The first-order chi connectivity index (χ1) is 17.1. The molecule has 188 valence electrons. The maximum Gasteiger partial charge on any atom is 0.325 e. The average molecular weight is 488 g/mol. The second kappa shape index (κ2) is 9.74. The Balaban J connectivity index is 1.71. The van der Waals surface area contributed by atoms with E-state index in [1.54, 1.807) is 7.11 Å². The van der Waals surface area contributed by atoms with Crippen LogP contribution < -0.4 is 5.32 Å². The van der Waals surface area contributed by atoms with Crippen LogP contribution in [0.3, 0.4) is 0 Å². The molecule has 36 heavy (non-hydrogen) atoms. The molecule has 1 fully saturated rings. The van der Waals surface area contributed by atoms with Crippen LogP contribution in [-0.2, 0) is 15.1 Å². The van der Waals surface area contributed by atoms with E-state index in [-0.39, 0.29) is 18.4 Å². The molecule has 1 atom stereocenters. The molecule has 2 aromatic carbocycles. The van der Waals surface area contributed by atoms with Crippen LogP contribution in [0.5, 0.6) is 0 Å². The zero-order valence-electron chi connectivity index (χ0n) is 21.7. The summed E-state index contributed by atoms with van der Waals surface area (Å²) in [6.07, 6.45) is 0. The minimum atomic E-state index is -1.40. The molecule has 0 radical (unpaired) electrons. The number of hydrogen-bond acceptors (Lipinski definition) is 4. The van der Waals surface area contributed by atoms with Crippen molar-refractivity contribution in [3.05, 3.63) is 93.8 Å². The molecule has 0 unspecified atom stereocenters. The van der Waals surface area contributed by atoms with Gasteiger partial charge in [0.25, 0.3) is 5.91 Å². The summed E-state index contributed by atoms with van der Waals surface area (Å²) in [6, 6.07) is 16.3. The molecule has 1 aromatic heterocycles. The Morgan fingerprint density at radius 2 is 1.47 bits per heavy atom. The lowest BCUT2D eigenvalue weighted by Gasteiger charge is -2.28. The van der Waals surface area contributed by atoms with Crippen LogP contribution in [0.1, 0.15) is 57.0 Å². The van der Waals surface area contributed by atoms with Gasteiger partial charge in [0.15, 0.2) is 11.3 Å². The Hall–Kier alpha value is -3.71. The highest BCUT2D eigenvalue weighted by molar-refractivity contribution is 6.13. The van der Waals surface area contributed by atoms with Crippen molar-refractivity contribution in [1.29, 1.82) is 0 Å². The molecule has 0 bridgehead atoms. The van der Waals surface area contributed by atoms with E-state index >= 15 is 0 Å². The fourth-order valence-electron chi connectivity index (χ4n) is 5.17. The number of hydrogen-bond donors (Lipinski definition) is 1. The van der Waals surface area contributed by atoms with Crippen molar-refractivity contribution in [3.63, 3.8) is 0 Å². The van der Waals surface area contributed by atoms with E-state index in [4.69, 9.17) is 4.74 Å². The molecule has 2 heterocycles. The standard InChI is InChI=1S/C29H33N3O4/c1-18-7-11-23(12-8-18)29(24-13-9-19(2)10-14-24)27(34)31(28(35)30-29)16-26(33)25-15-20(3)32(22(25)5)21(4)17-36-6/h7-15,21H,16-17H2,1-6H3,(H,30,35)/t21-/m1/s1. The minimum absolute atomic E-state index is 0.0454. The molecule has 1 saturated heterocycles. The topological polar surface area (TPSA) is 80.6 Å². The fourth-order valence-corrected chi connectivity index (χ4v) is 5.17. The van der Waals surface area contributed by atoms with Crippen LogP contribution >= 0.6 is 0 Å². The van der Waals surface area contributed by atoms with Gasteiger partial charge in [-0.2, -0.15) is 0 Å². The lowest BCUT2D eigenvalue weighted by atomic mass is 9.82. The second-order valence-corrected chi connectivity index (χ2v) is 9.69. The Morgan fingerprint density at radius 1 is 0.944 bits per heavy atom. The van der Waals surface area contributed by atoms with Gasteiger partial charge in [-0.25, -0.2) is 4.79 Å². The summed E-state index contributed by atoms with van der Waals surface area (Å²) < 4.78 is 7.33. The van der Waals surface area contributed by atoms with Gasteiger partial charge in [-0.15, -0.1) is 0 Å². The highest BCUT2D eigenvalue weighted by Gasteiger charge is 2.54. The molecule has 0 saturated carbocycles. The molecule has 1 aliphatic rings. The van der Waals surface area contributed by atoms with Crippen molar-refractivity contribution < 1.29 is 19.1 Å². The molecule has 1 N–H and O–H groups in total. The summed E-state index contributed by atoms with van der Waals surface area (Å²) in [7, 11) is 1.64. The van der Waals surface area contributed by atoms with E-state index in [0.717, 1.165) is 27.4 Å². The van der Waals surface area contributed by atoms with Gasteiger partial charge in [0, 0.05) is 24.1 Å². The Labute approximate surface area is 212 Å². The smallest absolute Gasteiger partial charge is 0.325 e. The Morgan fingerprint density at radius 3 is 1.97 bits per heavy atom. The summed E-state index contributed by atoms with van der Waals surface area (Å²) in [5.41, 5.74) is 4.19. The van der Waals surface area contributed by atoms with Gasteiger partial charge in [-0.05, 0) is 51.8 Å². The number of nitrogens with one attached hydrogen (secondary N) is 1. The summed E-state index contributed by atoms with van der Waals surface area (Å²) >= 11 is 0. The minimum Gasteiger partial charge on any atom is -0.383 e. The third kappa shape index (κ3) is 4.24. The lowest BCUT2D eigenvalue weighted by Crippen LogP contribution is -2.45. The van der Waals surface area contributed by atoms with Crippen molar-refractivity contribution in [2.24, 2.45) is 0 Å². The van der Waals surface area contributed by atoms with Crippen molar-refractivity contribution in [1.82, 2.24) is 14.8 Å². The number of imide groups is 1. The summed E-state index contributed by atoms with van der Waals surface area (Å²) in [5, 5.41) is 2.93. The van der Waals surface area contributed by atoms with E-state index in [2.05, 4.69) is 5.32 Å². The largest absolute Gasteiger partial charge is 0.383 e. The lowest BCUT2D eigenvalue weighted by molar-refractivity contribution is -0.129. The van der Waals surface area contributed by atoms with E-state index in [9.17, 15) is 14.4 Å². The zero-order chi connectivity index (χ0) is 26.2. The van der Waals surface area contributed by atoms with Crippen molar-refractivity contribution >= 4 is 17.7 Å². The quantitative estimate of drug-likeness (QED) is 0.372. The molecule has 0 aliphatic carbocycles. The molecule has 3 aromatic rings. The summed E-state index contributed by atoms with van der Waals surface area (Å²) in [4.78, 5) is 41.7. The van der Waals surface area contributed by atoms with Crippen molar-refractivity contribution in [2.45, 2.75) is 46.2 Å². The van der Waals surface area contributed by atoms with E-state index in [1.165, 1.54) is 0 Å². The highest BCUT2D eigenvalue weighted by atomic mass is 16.5. The number of aryl methyl sites for hydroxylation is 3. The molecular weight excluding hydrogens is 454 g/mol. The first-order valence-electron chi connectivity index (χ1n) is 12.1. The van der Waals surface area contributed by atoms with Crippen LogP contribution in [0, 0.1) is 27.7 Å². The predicted octanol–water partition coefficient (Wildman–Crippen LogP) is 4.61. The fraction of sp³-hybridized carbons (Fsp3) is 0.345. The molecular formula is C29H33N3O4. The van der Waals surface area contributed by atoms with Crippen LogP contribution in [0.2, 0.25) is 0 Å². The molecule has 4 rings (SSSR count). The molecule has 7 nitrogen and oxygen atoms in total. The summed E-state index contributed by atoms with van der Waals surface area (Å²) in [6.45, 7) is 9.93. The first-order valence-corrected chi connectivity index (χ1v) is 12.1. The number of methoxy groups -OCH3 is 1. The van der Waals surface area contributed by atoms with E-state index in [0.29, 0.717) is 23.3 Å². The highest BCUT2D eigenvalue weighted by Crippen LogP contribution is 2.36. The maximum absolute atomic E-state index is 14.0. The predicted molar refractivity (Wildman–Crippen MR) is 138 cm³/mol. The van der Waals surface area contributed by atoms with Crippen LogP contribution in [-0.4, -0.2) is 47.4 Å². The number of carbonyl (C=O) groups is 3. The number of benzene rings is 2. The van der Waals surface area contributed by atoms with Gasteiger partial charge in [0.2, 0.25) is 0 Å². The van der Waals surface area contributed by atoms with Gasteiger partial charge in [-0.1, -0.05) is 59.7 Å². The maximum atomic E-state index is 14.0. The van der Waals surface area contributed by atoms with Gasteiger partial charge in [-0.3, -0.25) is 14.5 Å². The number of amides is 3. The van der Waals surface area contributed by atoms with E-state index < -0.39 is 17.5 Å². The monoisotopic (exact) mass is 487 g/mol. The van der Waals surface area contributed by atoms with Gasteiger partial charge in [0.05, 0.1) is 19.2 Å². The van der Waals surface area contributed by atoms with Crippen LogP contribution in [0.15, 0.2) is 54.6 Å². The third-order valence-corrected chi connectivity index (χ3v) is 7.01. The van der Waals surface area contributed by atoms with Gasteiger partial charge < -0.3 is 14.6 Å². The Bertz CT molecular complexity index is 1260. The normalized spacial score (nSPS) is 15.8. The first kappa shape index (κ1) is 25.4. The third-order valence-electron chi connectivity index (χ3n) is 7.01. The number of rotatable bonds is 8. The number of nitrogens with zero attached hydrogens (tertiary/aromatic N) is 2. The van der Waals surface area contributed by atoms with Crippen LogP contribution in [0.25, 0.3) is 0 Å². The van der Waals surface area contributed by atoms with Crippen LogP contribution in [0.4, 0.5) is 4.79 Å². The Kier molecular flexibility index (Phi) is 6.87. The number of ketones is 1. The van der Waals surface area contributed by atoms with E-state index in [1.807, 2.05) is 93.8 Å². The number of urea groups is 1. The number of ether oxygens (including phenoxy) is 1. The van der Waals surface area contributed by atoms with Gasteiger partial charge >= 0.3 is 6.03 Å². The van der Waals surface area contributed by atoms with Crippen molar-refractivity contribution in [2.75, 3.05) is 20.3 Å². The SMILES string of the molecule is COC[C@@H](C)n1c(C)cc(C(=O)CN2C(=O)NC(c3ccc(C)cc3)(c3ccc(C)cc3)C2=O)c1C. The average Bonchev–Trinajstić information content (AvgIpc) is 3.28. The number of Topliss-reactive ketones (excluding diaryl/α,β-unsaturated/α-hetero) is 1. The van der Waals surface area contributed by atoms with Gasteiger partial charge in [0.1, 0.15) is 0 Å². The molecule has 0 spiro atoms. The summed E-state index contributed by atoms with van der Waals surface area (Å²) in [5.74, 6) is -0.749. The zero-order valence-corrected chi connectivity index (χ0v) is 21.7. The second-order valence-electron chi connectivity index (χ2n) is 9.69.